The number of ether oxygens (including phenoxy) is 1. The van der Waals surface area contributed by atoms with Crippen LogP contribution < -0.4 is 15.4 Å². The highest BCUT2D eigenvalue weighted by molar-refractivity contribution is 5.80. The number of rotatable bonds is 7. The van der Waals surface area contributed by atoms with E-state index >= 15 is 0 Å². The van der Waals surface area contributed by atoms with Crippen LogP contribution in [-0.4, -0.2) is 51.2 Å². The molecule has 1 aliphatic carbocycles. The van der Waals surface area contributed by atoms with Gasteiger partial charge >= 0.3 is 0 Å². The molecule has 0 bridgehead atoms. The van der Waals surface area contributed by atoms with Gasteiger partial charge < -0.3 is 20.3 Å². The normalized spacial score (nSPS) is 15.2. The van der Waals surface area contributed by atoms with Crippen molar-refractivity contribution in [3.63, 3.8) is 0 Å². The summed E-state index contributed by atoms with van der Waals surface area (Å²) in [6, 6.07) is 8.65. The summed E-state index contributed by atoms with van der Waals surface area (Å²) in [6.07, 6.45) is 6.55. The number of benzene rings is 1. The molecule has 2 N–H and O–H groups in total. The molecule has 0 atom stereocenters. The van der Waals surface area contributed by atoms with Crippen molar-refractivity contribution in [3.05, 3.63) is 42.0 Å². The molecule has 1 aromatic rings. The minimum atomic E-state index is 0.460. The Hall–Kier alpha value is -2.01. The summed E-state index contributed by atoms with van der Waals surface area (Å²) in [5.41, 5.74) is 1.18. The van der Waals surface area contributed by atoms with Gasteiger partial charge in [0, 0.05) is 26.2 Å². The Morgan fingerprint density at radius 3 is 2.78 bits per heavy atom. The maximum absolute atomic E-state index is 5.77. The van der Waals surface area contributed by atoms with Crippen molar-refractivity contribution in [3.8, 4) is 5.75 Å². The molecular formula is C18H28N4O. The zero-order valence-corrected chi connectivity index (χ0v) is 14.4. The molecule has 0 saturated heterocycles. The molecule has 0 heterocycles. The summed E-state index contributed by atoms with van der Waals surface area (Å²) in [7, 11) is 5.89. The first-order chi connectivity index (χ1) is 11.2. The minimum absolute atomic E-state index is 0.460. The zero-order chi connectivity index (χ0) is 16.5. The lowest BCUT2D eigenvalue weighted by Crippen LogP contribution is -2.42. The second-order valence-electron chi connectivity index (χ2n) is 6.01. The van der Waals surface area contributed by atoms with Gasteiger partial charge in [0.2, 0.25) is 0 Å². The van der Waals surface area contributed by atoms with Crippen LogP contribution in [0.15, 0.2) is 41.4 Å². The van der Waals surface area contributed by atoms with Crippen molar-refractivity contribution in [1.29, 1.82) is 0 Å². The van der Waals surface area contributed by atoms with E-state index in [0.717, 1.165) is 37.6 Å². The molecule has 2 rings (SSSR count). The summed E-state index contributed by atoms with van der Waals surface area (Å²) < 4.78 is 5.77. The van der Waals surface area contributed by atoms with Gasteiger partial charge in [-0.2, -0.15) is 0 Å². The predicted octanol–water partition coefficient (Wildman–Crippen LogP) is 2.01. The lowest BCUT2D eigenvalue weighted by Gasteiger charge is -2.17. The van der Waals surface area contributed by atoms with Crippen molar-refractivity contribution in [2.45, 2.75) is 25.4 Å². The number of nitrogens with one attached hydrogen (secondary N) is 2. The van der Waals surface area contributed by atoms with Crippen molar-refractivity contribution in [2.75, 3.05) is 34.3 Å². The number of likely N-dealkylation sites (N-methyl/N-ethyl adjacent to an activating group) is 1. The largest absolute Gasteiger partial charge is 0.492 e. The molecule has 0 saturated carbocycles. The molecule has 0 fully saturated rings. The number of hydrogen-bond acceptors (Lipinski definition) is 3. The van der Waals surface area contributed by atoms with E-state index in [1.807, 2.05) is 26.2 Å². The van der Waals surface area contributed by atoms with Crippen LogP contribution in [0, 0.1) is 0 Å². The van der Waals surface area contributed by atoms with Gasteiger partial charge in [0.15, 0.2) is 5.96 Å². The highest BCUT2D eigenvalue weighted by atomic mass is 16.5. The van der Waals surface area contributed by atoms with E-state index < -0.39 is 0 Å². The van der Waals surface area contributed by atoms with Gasteiger partial charge in [-0.05, 0) is 44.6 Å². The molecule has 5 nitrogen and oxygen atoms in total. The quantitative estimate of drug-likeness (QED) is 0.459. The number of guanidine groups is 1. The van der Waals surface area contributed by atoms with E-state index in [1.165, 1.54) is 5.56 Å². The Morgan fingerprint density at radius 1 is 1.30 bits per heavy atom. The SMILES string of the molecule is CN=C(NCc1cccc(OCCN(C)C)c1)NC1CC=CC1. The minimum Gasteiger partial charge on any atom is -0.492 e. The Bertz CT molecular complexity index is 532. The average Bonchev–Trinajstić information content (AvgIpc) is 3.04. The summed E-state index contributed by atoms with van der Waals surface area (Å²) in [5, 5.41) is 6.80. The van der Waals surface area contributed by atoms with Gasteiger partial charge in [-0.15, -0.1) is 0 Å². The molecule has 0 radical (unpaired) electrons. The fraction of sp³-hybridized carbons (Fsp3) is 0.500. The van der Waals surface area contributed by atoms with E-state index in [0.29, 0.717) is 12.6 Å². The summed E-state index contributed by atoms with van der Waals surface area (Å²) in [5.74, 6) is 1.76. The Labute approximate surface area is 139 Å². The van der Waals surface area contributed by atoms with Crippen LogP contribution in [-0.2, 0) is 6.54 Å². The third kappa shape index (κ3) is 6.32. The van der Waals surface area contributed by atoms with Gasteiger partial charge in [-0.3, -0.25) is 4.99 Å². The summed E-state index contributed by atoms with van der Waals surface area (Å²) in [4.78, 5) is 6.40. The molecule has 126 valence electrons. The van der Waals surface area contributed by atoms with Crippen molar-refractivity contribution >= 4 is 5.96 Å². The van der Waals surface area contributed by atoms with E-state index in [-0.39, 0.29) is 0 Å². The van der Waals surface area contributed by atoms with Crippen LogP contribution in [0.2, 0.25) is 0 Å². The van der Waals surface area contributed by atoms with E-state index in [4.69, 9.17) is 4.74 Å². The lowest BCUT2D eigenvalue weighted by atomic mass is 10.2. The topological polar surface area (TPSA) is 48.9 Å². The smallest absolute Gasteiger partial charge is 0.191 e. The summed E-state index contributed by atoms with van der Waals surface area (Å²) in [6.45, 7) is 2.33. The van der Waals surface area contributed by atoms with E-state index in [1.54, 1.807) is 7.05 Å². The molecule has 0 aliphatic heterocycles. The van der Waals surface area contributed by atoms with Gasteiger partial charge in [0.05, 0.1) is 0 Å². The second-order valence-corrected chi connectivity index (χ2v) is 6.01. The van der Waals surface area contributed by atoms with Crippen LogP contribution in [0.4, 0.5) is 0 Å². The van der Waals surface area contributed by atoms with E-state index in [9.17, 15) is 0 Å². The molecule has 0 unspecified atom stereocenters. The Morgan fingerprint density at radius 2 is 2.09 bits per heavy atom. The first-order valence-corrected chi connectivity index (χ1v) is 8.16. The molecule has 1 aliphatic rings. The average molecular weight is 316 g/mol. The van der Waals surface area contributed by atoms with Crippen LogP contribution in [0.1, 0.15) is 18.4 Å². The standard InChI is InChI=1S/C18H28N4O/c1-19-18(21-16-8-4-5-9-16)20-14-15-7-6-10-17(13-15)23-12-11-22(2)3/h4-7,10,13,16H,8-9,11-12,14H2,1-3H3,(H2,19,20,21). The van der Waals surface area contributed by atoms with Crippen molar-refractivity contribution < 1.29 is 4.74 Å². The van der Waals surface area contributed by atoms with Crippen molar-refractivity contribution in [1.82, 2.24) is 15.5 Å². The summed E-state index contributed by atoms with van der Waals surface area (Å²) >= 11 is 0. The highest BCUT2D eigenvalue weighted by Gasteiger charge is 2.11. The molecule has 5 heteroatoms. The van der Waals surface area contributed by atoms with Crippen LogP contribution in [0.3, 0.4) is 0 Å². The molecule has 23 heavy (non-hydrogen) atoms. The number of hydrogen-bond donors (Lipinski definition) is 2. The van der Waals surface area contributed by atoms with Gasteiger partial charge in [0.25, 0.3) is 0 Å². The molecule has 0 aromatic heterocycles. The predicted molar refractivity (Wildman–Crippen MR) is 96.0 cm³/mol. The van der Waals surface area contributed by atoms with Crippen molar-refractivity contribution in [2.24, 2.45) is 4.99 Å². The third-order valence-corrected chi connectivity index (χ3v) is 3.74. The van der Waals surface area contributed by atoms with E-state index in [2.05, 4.69) is 44.8 Å². The number of aliphatic imine (C=N–C) groups is 1. The fourth-order valence-corrected chi connectivity index (χ4v) is 2.40. The Kier molecular flexibility index (Phi) is 6.94. The lowest BCUT2D eigenvalue weighted by molar-refractivity contribution is 0.261. The third-order valence-electron chi connectivity index (χ3n) is 3.74. The maximum Gasteiger partial charge on any atom is 0.191 e. The van der Waals surface area contributed by atoms with Gasteiger partial charge in [0.1, 0.15) is 12.4 Å². The first-order valence-electron chi connectivity index (χ1n) is 8.16. The molecule has 0 amide bonds. The molecule has 1 aromatic carbocycles. The maximum atomic E-state index is 5.77. The first kappa shape index (κ1) is 17.3. The number of nitrogens with zero attached hydrogens (tertiary/aromatic N) is 2. The molecular weight excluding hydrogens is 288 g/mol. The molecule has 0 spiro atoms. The van der Waals surface area contributed by atoms with Gasteiger partial charge in [-0.1, -0.05) is 24.3 Å². The fourth-order valence-electron chi connectivity index (χ4n) is 2.40. The van der Waals surface area contributed by atoms with Crippen LogP contribution in [0.25, 0.3) is 0 Å². The second kappa shape index (κ2) is 9.20. The van der Waals surface area contributed by atoms with Crippen LogP contribution >= 0.6 is 0 Å². The zero-order valence-electron chi connectivity index (χ0n) is 14.4. The highest BCUT2D eigenvalue weighted by Crippen LogP contribution is 2.13. The van der Waals surface area contributed by atoms with Crippen LogP contribution in [0.5, 0.6) is 5.75 Å². The monoisotopic (exact) mass is 316 g/mol. The Balaban J connectivity index is 1.79. The van der Waals surface area contributed by atoms with Gasteiger partial charge in [-0.25, -0.2) is 0 Å².